The van der Waals surface area contributed by atoms with Crippen molar-refractivity contribution >= 4 is 14.1 Å². The molecule has 140 valence electrons. The standard InChI is InChI=1S/C20H38O3Si/c1-15(22-14-13-19(2,3)23-24(5,6)7)16-10-11-17-18(21)9-8-12-20(16,17)4/h15-17H,8-14H2,1-7H3. The maximum absolute atomic E-state index is 12.3. The van der Waals surface area contributed by atoms with Crippen molar-refractivity contribution in [3.63, 3.8) is 0 Å². The lowest BCUT2D eigenvalue weighted by Crippen LogP contribution is -2.42. The van der Waals surface area contributed by atoms with E-state index in [-0.39, 0.29) is 23.0 Å². The van der Waals surface area contributed by atoms with Crippen molar-refractivity contribution in [1.82, 2.24) is 0 Å². The van der Waals surface area contributed by atoms with Crippen LogP contribution in [0, 0.1) is 17.3 Å². The average molecular weight is 355 g/mol. The molecule has 0 heterocycles. The van der Waals surface area contributed by atoms with Gasteiger partial charge in [-0.25, -0.2) is 0 Å². The van der Waals surface area contributed by atoms with E-state index in [0.29, 0.717) is 11.7 Å². The second-order valence-corrected chi connectivity index (χ2v) is 14.3. The summed E-state index contributed by atoms with van der Waals surface area (Å²) in [6.45, 7) is 16.3. The maximum atomic E-state index is 12.3. The predicted octanol–water partition coefficient (Wildman–Crippen LogP) is 5.20. The first-order chi connectivity index (χ1) is 10.9. The van der Waals surface area contributed by atoms with Crippen LogP contribution in [0.25, 0.3) is 0 Å². The smallest absolute Gasteiger partial charge is 0.184 e. The number of rotatable bonds is 7. The first-order valence-corrected chi connectivity index (χ1v) is 13.2. The summed E-state index contributed by atoms with van der Waals surface area (Å²) in [6.07, 6.45) is 6.41. The summed E-state index contributed by atoms with van der Waals surface area (Å²) >= 11 is 0. The number of ether oxygens (including phenoxy) is 1. The Kier molecular flexibility index (Phi) is 6.04. The van der Waals surface area contributed by atoms with Crippen LogP contribution in [0.2, 0.25) is 19.6 Å². The minimum Gasteiger partial charge on any atom is -0.413 e. The number of hydrogen-bond acceptors (Lipinski definition) is 3. The van der Waals surface area contributed by atoms with Gasteiger partial charge in [0, 0.05) is 18.9 Å². The quantitative estimate of drug-likeness (QED) is 0.590. The van der Waals surface area contributed by atoms with Gasteiger partial charge in [-0.2, -0.15) is 0 Å². The van der Waals surface area contributed by atoms with Crippen LogP contribution in [-0.4, -0.2) is 32.4 Å². The van der Waals surface area contributed by atoms with Crippen molar-refractivity contribution in [2.45, 2.75) is 97.6 Å². The Morgan fingerprint density at radius 1 is 1.29 bits per heavy atom. The van der Waals surface area contributed by atoms with E-state index < -0.39 is 8.32 Å². The minimum absolute atomic E-state index is 0.118. The van der Waals surface area contributed by atoms with E-state index >= 15 is 0 Å². The summed E-state index contributed by atoms with van der Waals surface area (Å²) in [5, 5.41) is 0. The molecule has 2 aliphatic carbocycles. The highest BCUT2D eigenvalue weighted by molar-refractivity contribution is 6.69. The molecule has 4 atom stereocenters. The molecular formula is C20H38O3Si. The highest BCUT2D eigenvalue weighted by atomic mass is 28.4. The summed E-state index contributed by atoms with van der Waals surface area (Å²) in [6, 6.07) is 0. The fraction of sp³-hybridized carbons (Fsp3) is 0.950. The molecule has 2 rings (SSSR count). The van der Waals surface area contributed by atoms with Gasteiger partial charge in [-0.3, -0.25) is 4.79 Å². The van der Waals surface area contributed by atoms with Crippen molar-refractivity contribution < 1.29 is 14.0 Å². The van der Waals surface area contributed by atoms with Crippen molar-refractivity contribution in [3.8, 4) is 0 Å². The molecule has 0 saturated heterocycles. The van der Waals surface area contributed by atoms with E-state index in [9.17, 15) is 4.79 Å². The lowest BCUT2D eigenvalue weighted by molar-refractivity contribution is -0.131. The third-order valence-corrected chi connectivity index (χ3v) is 7.34. The number of Topliss-reactive ketones (excluding diaryl/α,β-unsaturated/α-hetero) is 1. The van der Waals surface area contributed by atoms with Crippen LogP contribution in [0.1, 0.15) is 66.2 Å². The number of carbonyl (C=O) groups excluding carboxylic acids is 1. The van der Waals surface area contributed by atoms with Crippen molar-refractivity contribution in [2.75, 3.05) is 6.61 Å². The number of fused-ring (bicyclic) bond motifs is 1. The monoisotopic (exact) mass is 354 g/mol. The van der Waals surface area contributed by atoms with Crippen LogP contribution in [0.15, 0.2) is 0 Å². The van der Waals surface area contributed by atoms with Gasteiger partial charge in [0.25, 0.3) is 0 Å². The van der Waals surface area contributed by atoms with E-state index in [0.717, 1.165) is 38.7 Å². The normalized spacial score (nSPS) is 32.7. The van der Waals surface area contributed by atoms with Gasteiger partial charge in [0.1, 0.15) is 5.78 Å². The highest BCUT2D eigenvalue weighted by Gasteiger charge is 2.52. The number of ketones is 1. The molecule has 3 nitrogen and oxygen atoms in total. The van der Waals surface area contributed by atoms with Gasteiger partial charge in [0.2, 0.25) is 0 Å². The molecule has 0 aromatic carbocycles. The van der Waals surface area contributed by atoms with Crippen molar-refractivity contribution in [3.05, 3.63) is 0 Å². The first kappa shape index (κ1) is 20.1. The van der Waals surface area contributed by atoms with Crippen molar-refractivity contribution in [2.24, 2.45) is 17.3 Å². The van der Waals surface area contributed by atoms with E-state index in [1.165, 1.54) is 6.42 Å². The van der Waals surface area contributed by atoms with Crippen LogP contribution >= 0.6 is 0 Å². The number of hydrogen-bond donors (Lipinski definition) is 0. The molecule has 0 bridgehead atoms. The third-order valence-electron chi connectivity index (χ3n) is 6.17. The number of carbonyl (C=O) groups is 1. The molecule has 4 heteroatoms. The van der Waals surface area contributed by atoms with Gasteiger partial charge in [0.15, 0.2) is 8.32 Å². The van der Waals surface area contributed by atoms with Gasteiger partial charge < -0.3 is 9.16 Å². The Balaban J connectivity index is 1.87. The summed E-state index contributed by atoms with van der Waals surface area (Å²) < 4.78 is 12.5. The molecule has 0 amide bonds. The molecule has 0 aromatic rings. The molecule has 2 fully saturated rings. The molecule has 0 radical (unpaired) electrons. The van der Waals surface area contributed by atoms with Crippen LogP contribution in [0.3, 0.4) is 0 Å². The largest absolute Gasteiger partial charge is 0.413 e. The van der Waals surface area contributed by atoms with Gasteiger partial charge in [0.05, 0.1) is 11.7 Å². The van der Waals surface area contributed by atoms with E-state index in [4.69, 9.17) is 9.16 Å². The van der Waals surface area contributed by atoms with Crippen LogP contribution in [-0.2, 0) is 14.0 Å². The molecular weight excluding hydrogens is 316 g/mol. The lowest BCUT2D eigenvalue weighted by atomic mass is 9.64. The second-order valence-electron chi connectivity index (χ2n) is 9.86. The van der Waals surface area contributed by atoms with Gasteiger partial charge in [-0.1, -0.05) is 6.92 Å². The average Bonchev–Trinajstić information content (AvgIpc) is 2.74. The fourth-order valence-corrected chi connectivity index (χ4v) is 6.99. The molecule has 2 saturated carbocycles. The molecule has 0 spiro atoms. The predicted molar refractivity (Wildman–Crippen MR) is 102 cm³/mol. The minimum atomic E-state index is -1.53. The summed E-state index contributed by atoms with van der Waals surface area (Å²) in [7, 11) is -1.53. The Bertz CT molecular complexity index is 454. The Labute approximate surface area is 150 Å². The van der Waals surface area contributed by atoms with E-state index in [1.807, 2.05) is 0 Å². The van der Waals surface area contributed by atoms with Gasteiger partial charge >= 0.3 is 0 Å². The van der Waals surface area contributed by atoms with Crippen LogP contribution in [0.5, 0.6) is 0 Å². The van der Waals surface area contributed by atoms with Gasteiger partial charge in [-0.05, 0) is 83.8 Å². The maximum Gasteiger partial charge on any atom is 0.184 e. The van der Waals surface area contributed by atoms with E-state index in [1.54, 1.807) is 0 Å². The topological polar surface area (TPSA) is 35.5 Å². The Hall–Kier alpha value is -0.193. The Morgan fingerprint density at radius 3 is 2.58 bits per heavy atom. The van der Waals surface area contributed by atoms with Crippen molar-refractivity contribution in [1.29, 1.82) is 0 Å². The van der Waals surface area contributed by atoms with Gasteiger partial charge in [-0.15, -0.1) is 0 Å². The highest BCUT2D eigenvalue weighted by Crippen LogP contribution is 2.55. The molecule has 2 aliphatic rings. The van der Waals surface area contributed by atoms with E-state index in [2.05, 4.69) is 47.3 Å². The van der Waals surface area contributed by atoms with Crippen LogP contribution in [0.4, 0.5) is 0 Å². The molecule has 24 heavy (non-hydrogen) atoms. The second kappa shape index (κ2) is 7.20. The molecule has 0 N–H and O–H groups in total. The zero-order chi connectivity index (χ0) is 18.2. The summed E-state index contributed by atoms with van der Waals surface area (Å²) in [5.74, 6) is 1.31. The lowest BCUT2D eigenvalue weighted by Gasteiger charge is -2.42. The zero-order valence-electron chi connectivity index (χ0n) is 16.9. The summed E-state index contributed by atoms with van der Waals surface area (Å²) in [5.41, 5.74) is 0.0478. The SMILES string of the molecule is CC(OCCC(C)(C)O[Si](C)(C)C)C1CCC2C(=O)CCCC21C. The third kappa shape index (κ3) is 4.70. The molecule has 0 aliphatic heterocycles. The first-order valence-electron chi connectivity index (χ1n) is 9.79. The molecule has 0 aromatic heterocycles. The summed E-state index contributed by atoms with van der Waals surface area (Å²) in [4.78, 5) is 12.3. The zero-order valence-corrected chi connectivity index (χ0v) is 17.9. The Morgan fingerprint density at radius 2 is 1.96 bits per heavy atom. The fourth-order valence-electron chi connectivity index (χ4n) is 5.23. The molecule has 4 unspecified atom stereocenters. The van der Waals surface area contributed by atoms with Crippen LogP contribution < -0.4 is 0 Å².